The highest BCUT2D eigenvalue weighted by molar-refractivity contribution is 5.94. The van der Waals surface area contributed by atoms with E-state index in [-0.39, 0.29) is 5.91 Å². The smallest absolute Gasteiger partial charge is 0.253 e. The van der Waals surface area contributed by atoms with Crippen LogP contribution in [0.1, 0.15) is 35.7 Å². The van der Waals surface area contributed by atoms with E-state index in [1.165, 1.54) is 5.56 Å². The lowest BCUT2D eigenvalue weighted by molar-refractivity contribution is 0.0697. The maximum absolute atomic E-state index is 12.7. The van der Waals surface area contributed by atoms with Gasteiger partial charge < -0.3 is 10.2 Å². The number of likely N-dealkylation sites (tertiary alicyclic amines) is 1. The lowest BCUT2D eigenvalue weighted by Gasteiger charge is -2.30. The molecule has 3 aromatic rings. The number of aromatic nitrogens is 2. The lowest BCUT2D eigenvalue weighted by Crippen LogP contribution is -2.37. The molecule has 1 aliphatic rings. The van der Waals surface area contributed by atoms with E-state index >= 15 is 0 Å². The molecule has 4 rings (SSSR count). The number of rotatable bonds is 4. The molecular formula is C24H26N4O. The standard InChI is InChI=1S/C24H26N4O/c1-17-3-5-19(6-4-17)22-15-23(26-16-25-22)27-21-9-7-20(8-10-21)24(29)28-13-11-18(2)12-14-28/h3-10,15-16,18H,11-14H2,1-2H3,(H,25,26,27). The summed E-state index contributed by atoms with van der Waals surface area (Å²) in [6, 6.07) is 17.8. The van der Waals surface area contributed by atoms with Crippen LogP contribution in [0.3, 0.4) is 0 Å². The Hall–Kier alpha value is -3.21. The first kappa shape index (κ1) is 19.1. The van der Waals surface area contributed by atoms with E-state index in [1.807, 2.05) is 35.2 Å². The highest BCUT2D eigenvalue weighted by atomic mass is 16.2. The maximum atomic E-state index is 12.7. The van der Waals surface area contributed by atoms with Crippen LogP contribution in [0.5, 0.6) is 0 Å². The lowest BCUT2D eigenvalue weighted by atomic mass is 9.98. The monoisotopic (exact) mass is 386 g/mol. The quantitative estimate of drug-likeness (QED) is 0.680. The summed E-state index contributed by atoms with van der Waals surface area (Å²) in [6.45, 7) is 6.02. The van der Waals surface area contributed by atoms with Crippen LogP contribution in [0.2, 0.25) is 0 Å². The van der Waals surface area contributed by atoms with Crippen molar-refractivity contribution in [3.05, 3.63) is 72.1 Å². The van der Waals surface area contributed by atoms with Crippen LogP contribution >= 0.6 is 0 Å². The van der Waals surface area contributed by atoms with E-state index in [0.717, 1.165) is 54.3 Å². The van der Waals surface area contributed by atoms with Gasteiger partial charge in [0, 0.05) is 36.0 Å². The number of amides is 1. The first-order chi connectivity index (χ1) is 14.1. The number of aryl methyl sites for hydroxylation is 1. The molecule has 1 saturated heterocycles. The summed E-state index contributed by atoms with van der Waals surface area (Å²) in [5.74, 6) is 1.55. The van der Waals surface area contributed by atoms with Crippen molar-refractivity contribution in [1.29, 1.82) is 0 Å². The van der Waals surface area contributed by atoms with Crippen molar-refractivity contribution in [2.24, 2.45) is 5.92 Å². The minimum absolute atomic E-state index is 0.118. The zero-order valence-electron chi connectivity index (χ0n) is 16.9. The number of carbonyl (C=O) groups is 1. The highest BCUT2D eigenvalue weighted by Crippen LogP contribution is 2.23. The Kier molecular flexibility index (Phi) is 5.56. The number of carbonyl (C=O) groups excluding carboxylic acids is 1. The molecular weight excluding hydrogens is 360 g/mol. The Bertz CT molecular complexity index is 975. The van der Waals surface area contributed by atoms with E-state index in [1.54, 1.807) is 6.33 Å². The number of piperidine rings is 1. The van der Waals surface area contributed by atoms with Crippen LogP contribution in [0.4, 0.5) is 11.5 Å². The summed E-state index contributed by atoms with van der Waals surface area (Å²) < 4.78 is 0. The van der Waals surface area contributed by atoms with E-state index in [2.05, 4.69) is 53.4 Å². The van der Waals surface area contributed by atoms with Crippen molar-refractivity contribution >= 4 is 17.4 Å². The molecule has 0 radical (unpaired) electrons. The molecule has 1 aliphatic heterocycles. The molecule has 0 unspecified atom stereocenters. The first-order valence-corrected chi connectivity index (χ1v) is 10.1. The van der Waals surface area contributed by atoms with Gasteiger partial charge in [-0.1, -0.05) is 36.8 Å². The van der Waals surface area contributed by atoms with Gasteiger partial charge >= 0.3 is 0 Å². The Labute approximate surface area is 171 Å². The molecule has 2 aromatic carbocycles. The Morgan fingerprint density at radius 2 is 1.69 bits per heavy atom. The van der Waals surface area contributed by atoms with Crippen molar-refractivity contribution in [3.63, 3.8) is 0 Å². The van der Waals surface area contributed by atoms with Crippen molar-refractivity contribution in [2.75, 3.05) is 18.4 Å². The van der Waals surface area contributed by atoms with Crippen molar-refractivity contribution in [2.45, 2.75) is 26.7 Å². The van der Waals surface area contributed by atoms with Gasteiger partial charge in [-0.05, 0) is 49.9 Å². The third-order valence-corrected chi connectivity index (χ3v) is 5.49. The number of nitrogens with one attached hydrogen (secondary N) is 1. The molecule has 0 saturated carbocycles. The second-order valence-corrected chi connectivity index (χ2v) is 7.83. The summed E-state index contributed by atoms with van der Waals surface area (Å²) in [4.78, 5) is 23.3. The molecule has 1 fully saturated rings. The van der Waals surface area contributed by atoms with Crippen LogP contribution in [0.25, 0.3) is 11.3 Å². The molecule has 0 aliphatic carbocycles. The summed E-state index contributed by atoms with van der Waals surface area (Å²) >= 11 is 0. The van der Waals surface area contributed by atoms with Gasteiger partial charge in [0.2, 0.25) is 0 Å². The van der Waals surface area contributed by atoms with Gasteiger partial charge in [-0.3, -0.25) is 4.79 Å². The number of hydrogen-bond acceptors (Lipinski definition) is 4. The number of nitrogens with zero attached hydrogens (tertiary/aromatic N) is 3. The van der Waals surface area contributed by atoms with Crippen molar-refractivity contribution in [3.8, 4) is 11.3 Å². The Morgan fingerprint density at radius 3 is 2.38 bits per heavy atom. The van der Waals surface area contributed by atoms with Crippen LogP contribution < -0.4 is 5.32 Å². The molecule has 1 amide bonds. The largest absolute Gasteiger partial charge is 0.340 e. The Balaban J connectivity index is 1.44. The average Bonchev–Trinajstić information content (AvgIpc) is 2.75. The van der Waals surface area contributed by atoms with E-state index in [9.17, 15) is 4.79 Å². The fraction of sp³-hybridized carbons (Fsp3) is 0.292. The molecule has 5 nitrogen and oxygen atoms in total. The third kappa shape index (κ3) is 4.62. The molecule has 5 heteroatoms. The maximum Gasteiger partial charge on any atom is 0.253 e. The number of benzene rings is 2. The summed E-state index contributed by atoms with van der Waals surface area (Å²) in [6.07, 6.45) is 3.73. The van der Waals surface area contributed by atoms with E-state index in [4.69, 9.17) is 0 Å². The Morgan fingerprint density at radius 1 is 1.00 bits per heavy atom. The second kappa shape index (κ2) is 8.43. The van der Waals surface area contributed by atoms with E-state index < -0.39 is 0 Å². The van der Waals surface area contributed by atoms with Crippen LogP contribution in [0.15, 0.2) is 60.9 Å². The van der Waals surface area contributed by atoms with Crippen LogP contribution in [-0.2, 0) is 0 Å². The summed E-state index contributed by atoms with van der Waals surface area (Å²) in [7, 11) is 0. The zero-order chi connectivity index (χ0) is 20.2. The zero-order valence-corrected chi connectivity index (χ0v) is 16.9. The first-order valence-electron chi connectivity index (χ1n) is 10.1. The van der Waals surface area contributed by atoms with Gasteiger partial charge in [-0.15, -0.1) is 0 Å². The van der Waals surface area contributed by atoms with Gasteiger partial charge in [-0.2, -0.15) is 0 Å². The second-order valence-electron chi connectivity index (χ2n) is 7.83. The molecule has 0 bridgehead atoms. The van der Waals surface area contributed by atoms with E-state index in [0.29, 0.717) is 5.92 Å². The van der Waals surface area contributed by atoms with Gasteiger partial charge in [0.25, 0.3) is 5.91 Å². The molecule has 148 valence electrons. The number of anilines is 2. The SMILES string of the molecule is Cc1ccc(-c2cc(Nc3ccc(C(=O)N4CCC(C)CC4)cc3)ncn2)cc1. The molecule has 1 N–H and O–H groups in total. The highest BCUT2D eigenvalue weighted by Gasteiger charge is 2.21. The predicted molar refractivity (Wildman–Crippen MR) is 116 cm³/mol. The molecule has 29 heavy (non-hydrogen) atoms. The average molecular weight is 386 g/mol. The van der Waals surface area contributed by atoms with Gasteiger partial charge in [0.15, 0.2) is 0 Å². The third-order valence-electron chi connectivity index (χ3n) is 5.49. The minimum Gasteiger partial charge on any atom is -0.340 e. The normalized spacial score (nSPS) is 14.6. The van der Waals surface area contributed by atoms with Crippen LogP contribution in [0, 0.1) is 12.8 Å². The predicted octanol–water partition coefficient (Wildman–Crippen LogP) is 5.07. The molecule has 0 spiro atoms. The van der Waals surface area contributed by atoms with Gasteiger partial charge in [0.1, 0.15) is 12.1 Å². The molecule has 1 aromatic heterocycles. The summed E-state index contributed by atoms with van der Waals surface area (Å²) in [5, 5.41) is 3.30. The van der Waals surface area contributed by atoms with Crippen LogP contribution in [-0.4, -0.2) is 33.9 Å². The van der Waals surface area contributed by atoms with Gasteiger partial charge in [-0.25, -0.2) is 9.97 Å². The molecule has 2 heterocycles. The fourth-order valence-corrected chi connectivity index (χ4v) is 3.55. The van der Waals surface area contributed by atoms with Crippen molar-refractivity contribution in [1.82, 2.24) is 14.9 Å². The fourth-order valence-electron chi connectivity index (χ4n) is 3.55. The molecule has 0 atom stereocenters. The van der Waals surface area contributed by atoms with Gasteiger partial charge in [0.05, 0.1) is 5.69 Å². The number of hydrogen-bond donors (Lipinski definition) is 1. The van der Waals surface area contributed by atoms with Crippen molar-refractivity contribution < 1.29 is 4.79 Å². The minimum atomic E-state index is 0.118. The summed E-state index contributed by atoms with van der Waals surface area (Å²) in [5.41, 5.74) is 4.76. The topological polar surface area (TPSA) is 58.1 Å².